The SMILES string of the molecule is CCn1nc(C)cc1C(=O)Nc1nc2cc(C(N)=O)cc(OCCCN(C)C(=O)OCc3ccc(NC(=O)[C@H](C)NC(=O)[C@@H](NC(=O)CCN4C(=O)C=CC4=O)C(C)C)cc3)c2n1C/C=C/Cn1c2nc(-c3cc(C)nn3CC)ccc2c2nc(C(N)=O)cc(OC)c21. The first kappa shape index (κ1) is 66.2. The maximum atomic E-state index is 14.1. The van der Waals surface area contributed by atoms with Crippen LogP contribution in [-0.4, -0.2) is 153 Å². The summed E-state index contributed by atoms with van der Waals surface area (Å²) < 4.78 is 24.9. The fourth-order valence-electron chi connectivity index (χ4n) is 10.5. The van der Waals surface area contributed by atoms with Crippen LogP contribution in [0.5, 0.6) is 11.5 Å². The average Bonchev–Trinajstić information content (AvgIpc) is 1.61. The van der Waals surface area contributed by atoms with Crippen molar-refractivity contribution in [2.24, 2.45) is 17.4 Å². The number of fused-ring (bicyclic) bond motifs is 4. The van der Waals surface area contributed by atoms with E-state index >= 15 is 0 Å². The number of benzene rings is 2. The zero-order valence-electron chi connectivity index (χ0n) is 52.9. The summed E-state index contributed by atoms with van der Waals surface area (Å²) in [7, 11) is 3.05. The van der Waals surface area contributed by atoms with Crippen molar-refractivity contribution >= 4 is 98.1 Å². The number of imide groups is 1. The number of aryl methyl sites for hydroxylation is 4. The molecule has 9 amide bonds. The van der Waals surface area contributed by atoms with Crippen LogP contribution in [0, 0.1) is 19.8 Å². The number of methoxy groups -OCH3 is 1. The minimum Gasteiger partial charge on any atom is -0.494 e. The number of allylic oxidation sites excluding steroid dienone is 2. The van der Waals surface area contributed by atoms with Crippen LogP contribution in [0.15, 0.2) is 91.0 Å². The molecule has 486 valence electrons. The molecule has 0 unspecified atom stereocenters. The molecule has 9 rings (SSSR count). The number of imidazole rings is 1. The van der Waals surface area contributed by atoms with Crippen LogP contribution >= 0.6 is 0 Å². The maximum absolute atomic E-state index is 14.1. The number of ether oxygens (including phenoxy) is 3. The minimum absolute atomic E-state index is 0.0148. The summed E-state index contributed by atoms with van der Waals surface area (Å²) in [5.74, 6) is -4.39. The molecule has 8 aromatic rings. The van der Waals surface area contributed by atoms with E-state index in [9.17, 15) is 43.2 Å². The van der Waals surface area contributed by atoms with Gasteiger partial charge in [-0.25, -0.2) is 19.7 Å². The number of primary amides is 2. The summed E-state index contributed by atoms with van der Waals surface area (Å²) in [4.78, 5) is 132. The molecule has 1 aliphatic heterocycles. The van der Waals surface area contributed by atoms with Gasteiger partial charge >= 0.3 is 6.09 Å². The minimum atomic E-state index is -1.01. The quantitative estimate of drug-likeness (QED) is 0.0206. The number of nitrogens with zero attached hydrogens (tertiary/aromatic N) is 11. The second kappa shape index (κ2) is 28.7. The highest BCUT2D eigenvalue weighted by Gasteiger charge is 2.30. The molecule has 0 radical (unpaired) electrons. The predicted molar refractivity (Wildman–Crippen MR) is 343 cm³/mol. The van der Waals surface area contributed by atoms with Gasteiger partial charge in [0.25, 0.3) is 23.6 Å². The Morgan fingerprint density at radius 1 is 0.742 bits per heavy atom. The molecule has 2 aromatic carbocycles. The normalized spacial score (nSPS) is 12.9. The molecule has 6 aromatic heterocycles. The molecule has 7 heterocycles. The zero-order chi connectivity index (χ0) is 66.9. The lowest BCUT2D eigenvalue weighted by atomic mass is 10.0. The van der Waals surface area contributed by atoms with E-state index in [1.54, 1.807) is 67.4 Å². The van der Waals surface area contributed by atoms with Crippen LogP contribution in [0.1, 0.15) is 95.7 Å². The third-order valence-electron chi connectivity index (χ3n) is 15.3. The number of carbonyl (C=O) groups excluding carboxylic acids is 9. The van der Waals surface area contributed by atoms with Crippen LogP contribution in [0.2, 0.25) is 0 Å². The van der Waals surface area contributed by atoms with Crippen molar-refractivity contribution in [3.63, 3.8) is 0 Å². The summed E-state index contributed by atoms with van der Waals surface area (Å²) in [5, 5.41) is 20.7. The largest absolute Gasteiger partial charge is 0.494 e. The fraction of sp³-hybridized carbons (Fsp3) is 0.344. The third-order valence-corrected chi connectivity index (χ3v) is 15.3. The Morgan fingerprint density at radius 3 is 2.10 bits per heavy atom. The lowest BCUT2D eigenvalue weighted by molar-refractivity contribution is -0.137. The highest BCUT2D eigenvalue weighted by Crippen LogP contribution is 2.36. The van der Waals surface area contributed by atoms with Gasteiger partial charge in [-0.15, -0.1) is 0 Å². The number of hydrogen-bond donors (Lipinski definition) is 6. The van der Waals surface area contributed by atoms with Crippen LogP contribution in [0.3, 0.4) is 0 Å². The number of hydrogen-bond acceptors (Lipinski definition) is 17. The lowest BCUT2D eigenvalue weighted by Gasteiger charge is -2.24. The van der Waals surface area contributed by atoms with E-state index in [2.05, 4.69) is 36.4 Å². The molecule has 93 heavy (non-hydrogen) atoms. The molecule has 0 aliphatic carbocycles. The van der Waals surface area contributed by atoms with Crippen molar-refractivity contribution in [2.45, 2.75) is 106 Å². The van der Waals surface area contributed by atoms with Crippen molar-refractivity contribution in [3.8, 4) is 22.9 Å². The number of pyridine rings is 2. The number of carbonyl (C=O) groups is 9. The van der Waals surface area contributed by atoms with E-state index in [4.69, 9.17) is 35.6 Å². The van der Waals surface area contributed by atoms with E-state index in [0.29, 0.717) is 81.2 Å². The topological polar surface area (TPSA) is 372 Å². The third kappa shape index (κ3) is 15.0. The molecule has 0 spiro atoms. The molecule has 1 aliphatic rings. The van der Waals surface area contributed by atoms with Gasteiger partial charge in [0.15, 0.2) is 0 Å². The second-order valence-corrected chi connectivity index (χ2v) is 22.4. The molecule has 0 bridgehead atoms. The van der Waals surface area contributed by atoms with Crippen LogP contribution < -0.4 is 42.2 Å². The lowest BCUT2D eigenvalue weighted by Crippen LogP contribution is -2.54. The number of amides is 9. The Bertz CT molecular complexity index is 4290. The molecule has 0 saturated heterocycles. The highest BCUT2D eigenvalue weighted by molar-refractivity contribution is 6.13. The molecule has 8 N–H and O–H groups in total. The molecule has 0 saturated carbocycles. The zero-order valence-corrected chi connectivity index (χ0v) is 52.9. The van der Waals surface area contributed by atoms with Crippen molar-refractivity contribution in [3.05, 3.63) is 125 Å². The van der Waals surface area contributed by atoms with Gasteiger partial charge < -0.3 is 55.7 Å². The first-order chi connectivity index (χ1) is 44.5. The first-order valence-electron chi connectivity index (χ1n) is 30.1. The van der Waals surface area contributed by atoms with Crippen LogP contribution in [0.25, 0.3) is 44.5 Å². The van der Waals surface area contributed by atoms with E-state index in [1.165, 1.54) is 37.1 Å². The predicted octanol–water partition coefficient (Wildman–Crippen LogP) is 5.30. The van der Waals surface area contributed by atoms with Crippen molar-refractivity contribution in [2.75, 3.05) is 44.5 Å². The van der Waals surface area contributed by atoms with Crippen molar-refractivity contribution < 1.29 is 57.4 Å². The van der Waals surface area contributed by atoms with Gasteiger partial charge in [-0.05, 0) is 101 Å². The van der Waals surface area contributed by atoms with E-state index in [-0.39, 0.29) is 80.2 Å². The summed E-state index contributed by atoms with van der Waals surface area (Å²) in [6.45, 7) is 13.8. The van der Waals surface area contributed by atoms with Crippen LogP contribution in [-0.2, 0) is 61.5 Å². The average molecular weight is 1270 g/mol. The van der Waals surface area contributed by atoms with Crippen molar-refractivity contribution in [1.29, 1.82) is 0 Å². The Labute approximate surface area is 533 Å². The van der Waals surface area contributed by atoms with Gasteiger partial charge in [0.05, 0.1) is 42.0 Å². The number of rotatable bonds is 28. The Kier molecular flexibility index (Phi) is 20.4. The van der Waals surface area contributed by atoms with Gasteiger partial charge in [-0.2, -0.15) is 10.2 Å². The van der Waals surface area contributed by atoms with E-state index < -0.39 is 65.4 Å². The Hall–Kier alpha value is -11.3. The number of aromatic nitrogens is 9. The summed E-state index contributed by atoms with van der Waals surface area (Å²) in [6, 6.07) is 16.4. The van der Waals surface area contributed by atoms with Crippen molar-refractivity contribution in [1.82, 2.24) is 64.1 Å². The number of nitrogens with two attached hydrogens (primary N) is 2. The van der Waals surface area contributed by atoms with Gasteiger partial charge in [-0.3, -0.25) is 57.9 Å². The molecule has 0 fully saturated rings. The summed E-state index contributed by atoms with van der Waals surface area (Å²) in [6.07, 6.45) is 5.44. The monoisotopic (exact) mass is 1270 g/mol. The van der Waals surface area contributed by atoms with Gasteiger partial charge in [0.2, 0.25) is 29.6 Å². The highest BCUT2D eigenvalue weighted by atomic mass is 16.6. The molecular weight excluding hydrogens is 1200 g/mol. The van der Waals surface area contributed by atoms with Gasteiger partial charge in [0, 0.05) is 87.6 Å². The molecular formula is C64H73N17O12. The second-order valence-electron chi connectivity index (χ2n) is 22.4. The molecule has 29 nitrogen and oxygen atoms in total. The summed E-state index contributed by atoms with van der Waals surface area (Å²) in [5.41, 5.74) is 18.2. The maximum Gasteiger partial charge on any atom is 0.409 e. The fourth-order valence-corrected chi connectivity index (χ4v) is 10.5. The van der Waals surface area contributed by atoms with E-state index in [0.717, 1.165) is 28.4 Å². The molecule has 2 atom stereocenters. The Balaban J connectivity index is 0.865. The molecule has 29 heteroatoms. The first-order valence-corrected chi connectivity index (χ1v) is 30.1. The standard InChI is InChI=1S/C64H73N17O12/c1-10-80-46(29-36(5)74-80)43-20-19-42-54-56(48(91-9)33-45(69-54)58(66)86)78(59(42)70-43)25-12-13-26-79-55-44(71-63(79)73-61(88)47-30-37(6)75-81(47)11-2)31-40(57(65)85)32-49(55)92-28-14-24-76(8)64(90)93-34-39-15-17-41(18-16-39)68-60(87)38(7)67-62(89)53(35(3)4)72-50(82)23-27-77-51(83)21-22-52(77)84/h12-13,15-22,29-33,35,38,53H,10-11,14,23-28,34H2,1-9H3,(H2,65,85)(H2,66,86)(H,67,89)(H,68,87)(H,72,82)(H,71,73,88)/b13-12+/t38-,53-/m0/s1. The summed E-state index contributed by atoms with van der Waals surface area (Å²) >= 11 is 0. The smallest absolute Gasteiger partial charge is 0.409 e. The number of nitrogens with one attached hydrogen (secondary N) is 4. The van der Waals surface area contributed by atoms with Gasteiger partial charge in [-0.1, -0.05) is 38.1 Å². The van der Waals surface area contributed by atoms with E-state index in [1.807, 2.05) is 60.4 Å². The van der Waals surface area contributed by atoms with Gasteiger partial charge in [0.1, 0.15) is 63.8 Å². The number of anilines is 2. The Morgan fingerprint density at radius 2 is 1.43 bits per heavy atom. The van der Waals surface area contributed by atoms with Crippen LogP contribution in [0.4, 0.5) is 16.4 Å².